The molecule has 1 N–H and O–H groups in total. The van der Waals surface area contributed by atoms with Gasteiger partial charge < -0.3 is 19.3 Å². The van der Waals surface area contributed by atoms with Crippen molar-refractivity contribution in [3.8, 4) is 17.2 Å². The lowest BCUT2D eigenvalue weighted by Crippen LogP contribution is -2.17. The first-order valence-corrected chi connectivity index (χ1v) is 6.88. The quantitative estimate of drug-likeness (QED) is 0.896. The van der Waals surface area contributed by atoms with Crippen molar-refractivity contribution in [2.45, 2.75) is 25.2 Å². The number of hydrogen-bond acceptors (Lipinski definition) is 4. The lowest BCUT2D eigenvalue weighted by atomic mass is 9.90. The van der Waals surface area contributed by atoms with Crippen LogP contribution in [0, 0.1) is 5.92 Å². The molecule has 1 aromatic rings. The minimum atomic E-state index is -0.779. The number of ether oxygens (including phenoxy) is 3. The zero-order chi connectivity index (χ0) is 14.1. The molecular formula is C15H18O5. The molecule has 1 heterocycles. The Bertz CT molecular complexity index is 521. The summed E-state index contributed by atoms with van der Waals surface area (Å²) in [5, 5.41) is 9.13. The van der Waals surface area contributed by atoms with E-state index in [0.29, 0.717) is 36.4 Å². The predicted molar refractivity (Wildman–Crippen MR) is 71.7 cm³/mol. The first kappa shape index (κ1) is 13.1. The van der Waals surface area contributed by atoms with E-state index in [0.717, 1.165) is 18.4 Å². The second-order valence-electron chi connectivity index (χ2n) is 5.28. The van der Waals surface area contributed by atoms with E-state index >= 15 is 0 Å². The highest BCUT2D eigenvalue weighted by molar-refractivity contribution is 5.69. The van der Waals surface area contributed by atoms with Crippen molar-refractivity contribution in [1.82, 2.24) is 0 Å². The largest absolute Gasteiger partial charge is 0.496 e. The summed E-state index contributed by atoms with van der Waals surface area (Å²) >= 11 is 0. The second kappa shape index (κ2) is 5.23. The van der Waals surface area contributed by atoms with Gasteiger partial charge in [-0.15, -0.1) is 0 Å². The van der Waals surface area contributed by atoms with Gasteiger partial charge in [0.2, 0.25) is 0 Å². The monoisotopic (exact) mass is 278 g/mol. The van der Waals surface area contributed by atoms with E-state index in [2.05, 4.69) is 0 Å². The van der Waals surface area contributed by atoms with Crippen LogP contribution >= 0.6 is 0 Å². The van der Waals surface area contributed by atoms with Gasteiger partial charge in [0.05, 0.1) is 13.5 Å². The highest BCUT2D eigenvalue weighted by Gasteiger charge is 2.36. The van der Waals surface area contributed by atoms with Crippen LogP contribution in [0.4, 0.5) is 0 Å². The van der Waals surface area contributed by atoms with E-state index in [1.54, 1.807) is 13.2 Å². The van der Waals surface area contributed by atoms with Gasteiger partial charge >= 0.3 is 5.97 Å². The summed E-state index contributed by atoms with van der Waals surface area (Å²) < 4.78 is 16.6. The molecule has 5 heteroatoms. The van der Waals surface area contributed by atoms with Gasteiger partial charge in [0.15, 0.2) is 11.5 Å². The molecule has 0 spiro atoms. The number of benzene rings is 1. The van der Waals surface area contributed by atoms with Crippen molar-refractivity contribution in [2.24, 2.45) is 5.92 Å². The summed E-state index contributed by atoms with van der Waals surface area (Å²) in [6, 6.07) is 3.69. The van der Waals surface area contributed by atoms with E-state index < -0.39 is 5.97 Å². The van der Waals surface area contributed by atoms with Crippen LogP contribution in [0.15, 0.2) is 12.1 Å². The number of methoxy groups -OCH3 is 1. The molecule has 1 aromatic carbocycles. The molecule has 3 rings (SSSR count). The van der Waals surface area contributed by atoms with Crippen LogP contribution in [0.3, 0.4) is 0 Å². The van der Waals surface area contributed by atoms with Gasteiger partial charge in [0, 0.05) is 17.5 Å². The molecule has 1 aliphatic heterocycles. The zero-order valence-electron chi connectivity index (χ0n) is 11.4. The van der Waals surface area contributed by atoms with Gasteiger partial charge in [-0.2, -0.15) is 0 Å². The van der Waals surface area contributed by atoms with E-state index in [4.69, 9.17) is 19.3 Å². The van der Waals surface area contributed by atoms with Gasteiger partial charge in [-0.05, 0) is 24.8 Å². The van der Waals surface area contributed by atoms with Crippen molar-refractivity contribution in [1.29, 1.82) is 0 Å². The third kappa shape index (κ3) is 2.53. The molecule has 0 bridgehead atoms. The molecule has 2 aliphatic rings. The Morgan fingerprint density at radius 3 is 2.55 bits per heavy atom. The predicted octanol–water partition coefficient (Wildman–Crippen LogP) is 2.43. The van der Waals surface area contributed by atoms with Crippen molar-refractivity contribution in [3.05, 3.63) is 17.7 Å². The molecule has 108 valence electrons. The second-order valence-corrected chi connectivity index (χ2v) is 5.28. The van der Waals surface area contributed by atoms with Crippen LogP contribution in [-0.2, 0) is 4.79 Å². The number of aliphatic carboxylic acids is 1. The first-order valence-electron chi connectivity index (χ1n) is 6.88. The zero-order valence-corrected chi connectivity index (χ0v) is 11.4. The topological polar surface area (TPSA) is 65.0 Å². The molecule has 0 radical (unpaired) electrons. The normalized spacial score (nSPS) is 18.4. The Labute approximate surface area is 117 Å². The van der Waals surface area contributed by atoms with E-state index in [1.807, 2.05) is 6.07 Å². The summed E-state index contributed by atoms with van der Waals surface area (Å²) in [4.78, 5) is 11.1. The van der Waals surface area contributed by atoms with Gasteiger partial charge in [0.1, 0.15) is 19.0 Å². The molecule has 20 heavy (non-hydrogen) atoms. The smallest absolute Gasteiger partial charge is 0.303 e. The van der Waals surface area contributed by atoms with Crippen LogP contribution in [0.5, 0.6) is 17.2 Å². The van der Waals surface area contributed by atoms with Crippen LogP contribution in [-0.4, -0.2) is 31.4 Å². The fraction of sp³-hybridized carbons (Fsp3) is 0.533. The lowest BCUT2D eigenvalue weighted by Gasteiger charge is -2.23. The summed E-state index contributed by atoms with van der Waals surface area (Å²) in [7, 11) is 1.60. The van der Waals surface area contributed by atoms with Crippen molar-refractivity contribution >= 4 is 5.97 Å². The molecule has 0 amide bonds. The summed E-state index contributed by atoms with van der Waals surface area (Å²) in [6.07, 6.45) is 2.28. The maximum Gasteiger partial charge on any atom is 0.303 e. The minimum Gasteiger partial charge on any atom is -0.496 e. The maximum absolute atomic E-state index is 11.1. The molecule has 1 saturated carbocycles. The van der Waals surface area contributed by atoms with Gasteiger partial charge in [0.25, 0.3) is 0 Å². The van der Waals surface area contributed by atoms with E-state index in [9.17, 15) is 4.79 Å². The maximum atomic E-state index is 11.1. The summed E-state index contributed by atoms with van der Waals surface area (Å²) in [5.74, 6) is 1.68. The number of rotatable bonds is 5. The van der Waals surface area contributed by atoms with Gasteiger partial charge in [-0.25, -0.2) is 0 Å². The average molecular weight is 278 g/mol. The fourth-order valence-electron chi connectivity index (χ4n) is 2.77. The van der Waals surface area contributed by atoms with Crippen LogP contribution in [0.25, 0.3) is 0 Å². The third-order valence-electron chi connectivity index (χ3n) is 3.88. The number of fused-ring (bicyclic) bond motifs is 1. The van der Waals surface area contributed by atoms with E-state index in [-0.39, 0.29) is 12.3 Å². The average Bonchev–Trinajstić information content (AvgIpc) is 3.27. The molecule has 0 saturated heterocycles. The Morgan fingerprint density at radius 2 is 2.00 bits per heavy atom. The van der Waals surface area contributed by atoms with Crippen molar-refractivity contribution in [2.75, 3.05) is 20.3 Å². The number of carboxylic acids is 1. The molecule has 0 aromatic heterocycles. The van der Waals surface area contributed by atoms with Gasteiger partial charge in [-0.1, -0.05) is 0 Å². The SMILES string of the molecule is COc1cc2c(cc1C(CC(=O)O)C1CC1)OCCO2. The van der Waals surface area contributed by atoms with Crippen molar-refractivity contribution < 1.29 is 24.1 Å². The fourth-order valence-corrected chi connectivity index (χ4v) is 2.77. The highest BCUT2D eigenvalue weighted by Crippen LogP contribution is 2.49. The Balaban J connectivity index is 1.98. The molecule has 5 nitrogen and oxygen atoms in total. The summed E-state index contributed by atoms with van der Waals surface area (Å²) in [6.45, 7) is 1.04. The Morgan fingerprint density at radius 1 is 1.35 bits per heavy atom. The lowest BCUT2D eigenvalue weighted by molar-refractivity contribution is -0.137. The number of hydrogen-bond donors (Lipinski definition) is 1. The molecule has 1 atom stereocenters. The standard InChI is InChI=1S/C15H18O5/c1-18-12-8-14-13(19-4-5-20-14)6-11(12)10(7-15(16)17)9-2-3-9/h6,8-10H,2-5,7H2,1H3,(H,16,17). The molecule has 1 fully saturated rings. The summed E-state index contributed by atoms with van der Waals surface area (Å²) in [5.41, 5.74) is 0.918. The molecular weight excluding hydrogens is 260 g/mol. The molecule has 1 unspecified atom stereocenters. The Hall–Kier alpha value is -1.91. The van der Waals surface area contributed by atoms with Gasteiger partial charge in [-0.3, -0.25) is 4.79 Å². The van der Waals surface area contributed by atoms with E-state index in [1.165, 1.54) is 0 Å². The Kier molecular flexibility index (Phi) is 3.42. The highest BCUT2D eigenvalue weighted by atomic mass is 16.6. The van der Waals surface area contributed by atoms with Crippen LogP contribution in [0.2, 0.25) is 0 Å². The molecule has 1 aliphatic carbocycles. The van der Waals surface area contributed by atoms with Crippen molar-refractivity contribution in [3.63, 3.8) is 0 Å². The first-order chi connectivity index (χ1) is 9.69. The number of carboxylic acid groups (broad SMARTS) is 1. The minimum absolute atomic E-state index is 0.0155. The van der Waals surface area contributed by atoms with Crippen LogP contribution < -0.4 is 14.2 Å². The number of carbonyl (C=O) groups is 1. The third-order valence-corrected chi connectivity index (χ3v) is 3.88. The van der Waals surface area contributed by atoms with Crippen LogP contribution in [0.1, 0.15) is 30.7 Å².